The Bertz CT molecular complexity index is 653. The largest absolute Gasteiger partial charge is 0.379 e. The van der Waals surface area contributed by atoms with Gasteiger partial charge in [-0.15, -0.1) is 0 Å². The molecule has 0 saturated carbocycles. The Morgan fingerprint density at radius 1 is 1.24 bits per heavy atom. The van der Waals surface area contributed by atoms with Crippen molar-refractivity contribution in [2.24, 2.45) is 0 Å². The number of aromatic nitrogens is 2. The van der Waals surface area contributed by atoms with Gasteiger partial charge in [0.1, 0.15) is 0 Å². The van der Waals surface area contributed by atoms with Crippen LogP contribution in [0.5, 0.6) is 0 Å². The van der Waals surface area contributed by atoms with Gasteiger partial charge in [-0.3, -0.25) is 9.59 Å². The fourth-order valence-electron chi connectivity index (χ4n) is 1.66. The van der Waals surface area contributed by atoms with Crippen LogP contribution >= 0.6 is 0 Å². The van der Waals surface area contributed by atoms with Crippen LogP contribution in [0.15, 0.2) is 28.9 Å². The van der Waals surface area contributed by atoms with Crippen LogP contribution in [-0.4, -0.2) is 28.7 Å². The topological polar surface area (TPSA) is 123 Å². The standard InChI is InChI=1S/C13H15N5O3/c1-2-7-15-12(19)8-5-3-4-6-9(8)16-13(20)10-11(14)18-21-17-10/h3-6H,2,7H2,1H3,(H2,14,18)(H,15,19)(H,16,20). The third-order valence-corrected chi connectivity index (χ3v) is 2.68. The lowest BCUT2D eigenvalue weighted by Gasteiger charge is -2.10. The first kappa shape index (κ1) is 14.5. The third-order valence-electron chi connectivity index (χ3n) is 2.68. The molecule has 0 bridgehead atoms. The molecule has 21 heavy (non-hydrogen) atoms. The number of hydrogen-bond donors (Lipinski definition) is 3. The second kappa shape index (κ2) is 6.51. The Labute approximate surface area is 120 Å². The van der Waals surface area contributed by atoms with Gasteiger partial charge in [0.2, 0.25) is 11.5 Å². The molecule has 0 saturated heterocycles. The first-order valence-corrected chi connectivity index (χ1v) is 6.40. The van der Waals surface area contributed by atoms with Gasteiger partial charge >= 0.3 is 0 Å². The van der Waals surface area contributed by atoms with E-state index in [2.05, 4.69) is 25.6 Å². The number of amides is 2. The molecular weight excluding hydrogens is 274 g/mol. The molecule has 110 valence electrons. The number of nitrogens with two attached hydrogens (primary N) is 1. The molecule has 1 heterocycles. The average Bonchev–Trinajstić information content (AvgIpc) is 2.91. The maximum Gasteiger partial charge on any atom is 0.281 e. The number of para-hydroxylation sites is 1. The number of nitrogens with zero attached hydrogens (tertiary/aromatic N) is 2. The molecule has 1 aromatic carbocycles. The van der Waals surface area contributed by atoms with E-state index in [4.69, 9.17) is 5.73 Å². The normalized spacial score (nSPS) is 10.1. The van der Waals surface area contributed by atoms with E-state index in [0.717, 1.165) is 6.42 Å². The number of rotatable bonds is 5. The SMILES string of the molecule is CCCNC(=O)c1ccccc1NC(=O)c1nonc1N. The summed E-state index contributed by atoms with van der Waals surface area (Å²) in [4.78, 5) is 24.0. The van der Waals surface area contributed by atoms with E-state index < -0.39 is 5.91 Å². The highest BCUT2D eigenvalue weighted by molar-refractivity contribution is 6.09. The van der Waals surface area contributed by atoms with Crippen LogP contribution in [0.4, 0.5) is 11.5 Å². The molecule has 0 atom stereocenters. The van der Waals surface area contributed by atoms with Gasteiger partial charge in [0.15, 0.2) is 0 Å². The van der Waals surface area contributed by atoms with Gasteiger partial charge < -0.3 is 16.4 Å². The Morgan fingerprint density at radius 3 is 2.67 bits per heavy atom. The monoisotopic (exact) mass is 289 g/mol. The quantitative estimate of drug-likeness (QED) is 0.755. The van der Waals surface area contributed by atoms with Crippen LogP contribution in [0.25, 0.3) is 0 Å². The van der Waals surface area contributed by atoms with Gasteiger partial charge in [-0.05, 0) is 28.9 Å². The zero-order valence-corrected chi connectivity index (χ0v) is 11.4. The number of carbonyl (C=O) groups is 2. The maximum atomic E-state index is 12.0. The van der Waals surface area contributed by atoms with Crippen molar-refractivity contribution in [2.45, 2.75) is 13.3 Å². The molecule has 2 aromatic rings. The van der Waals surface area contributed by atoms with E-state index in [1.807, 2.05) is 6.92 Å². The summed E-state index contributed by atoms with van der Waals surface area (Å²) < 4.78 is 4.37. The molecule has 0 unspecified atom stereocenters. The number of hydrogen-bond acceptors (Lipinski definition) is 6. The first-order valence-electron chi connectivity index (χ1n) is 6.40. The van der Waals surface area contributed by atoms with Crippen LogP contribution in [-0.2, 0) is 0 Å². The van der Waals surface area contributed by atoms with Crippen molar-refractivity contribution < 1.29 is 14.2 Å². The summed E-state index contributed by atoms with van der Waals surface area (Å²) >= 11 is 0. The number of benzene rings is 1. The van der Waals surface area contributed by atoms with Crippen molar-refractivity contribution in [3.63, 3.8) is 0 Å². The van der Waals surface area contributed by atoms with E-state index in [9.17, 15) is 9.59 Å². The molecule has 8 nitrogen and oxygen atoms in total. The minimum Gasteiger partial charge on any atom is -0.379 e. The van der Waals surface area contributed by atoms with Crippen molar-refractivity contribution >= 4 is 23.3 Å². The first-order chi connectivity index (χ1) is 10.1. The summed E-state index contributed by atoms with van der Waals surface area (Å²) in [5.41, 5.74) is 6.04. The summed E-state index contributed by atoms with van der Waals surface area (Å²) in [5, 5.41) is 12.1. The molecule has 0 aliphatic rings. The van der Waals surface area contributed by atoms with Crippen molar-refractivity contribution in [2.75, 3.05) is 17.6 Å². The second-order valence-corrected chi connectivity index (χ2v) is 4.25. The van der Waals surface area contributed by atoms with Crippen LogP contribution in [0.2, 0.25) is 0 Å². The Balaban J connectivity index is 2.19. The molecule has 0 aliphatic carbocycles. The zero-order valence-electron chi connectivity index (χ0n) is 11.4. The van der Waals surface area contributed by atoms with Crippen molar-refractivity contribution in [1.82, 2.24) is 15.6 Å². The minimum absolute atomic E-state index is 0.111. The Kier molecular flexibility index (Phi) is 4.50. The highest BCUT2D eigenvalue weighted by Gasteiger charge is 2.18. The molecule has 8 heteroatoms. The van der Waals surface area contributed by atoms with Gasteiger partial charge in [-0.1, -0.05) is 19.1 Å². The van der Waals surface area contributed by atoms with Gasteiger partial charge in [0.25, 0.3) is 11.8 Å². The van der Waals surface area contributed by atoms with Gasteiger partial charge in [0, 0.05) is 6.54 Å². The summed E-state index contributed by atoms with van der Waals surface area (Å²) in [6.45, 7) is 2.51. The number of nitrogens with one attached hydrogen (secondary N) is 2. The van der Waals surface area contributed by atoms with E-state index >= 15 is 0 Å². The predicted octanol–water partition coefficient (Wildman–Crippen LogP) is 1.04. The minimum atomic E-state index is -0.593. The predicted molar refractivity (Wildman–Crippen MR) is 75.7 cm³/mol. The molecule has 0 spiro atoms. The highest BCUT2D eigenvalue weighted by atomic mass is 16.6. The third kappa shape index (κ3) is 3.35. The Morgan fingerprint density at radius 2 is 2.00 bits per heavy atom. The van der Waals surface area contributed by atoms with E-state index in [-0.39, 0.29) is 17.4 Å². The molecule has 4 N–H and O–H groups in total. The Hall–Kier alpha value is -2.90. The second-order valence-electron chi connectivity index (χ2n) is 4.25. The molecule has 0 radical (unpaired) electrons. The highest BCUT2D eigenvalue weighted by Crippen LogP contribution is 2.17. The number of carbonyl (C=O) groups excluding carboxylic acids is 2. The van der Waals surface area contributed by atoms with Crippen molar-refractivity contribution in [3.8, 4) is 0 Å². The number of anilines is 2. The maximum absolute atomic E-state index is 12.0. The lowest BCUT2D eigenvalue weighted by atomic mass is 10.1. The number of nitrogen functional groups attached to an aromatic ring is 1. The molecule has 0 fully saturated rings. The molecule has 0 aliphatic heterocycles. The molecule has 1 aromatic heterocycles. The van der Waals surface area contributed by atoms with E-state index in [1.165, 1.54) is 0 Å². The summed E-state index contributed by atoms with van der Waals surface area (Å²) in [6.07, 6.45) is 0.821. The molecular formula is C13H15N5O3. The summed E-state index contributed by atoms with van der Waals surface area (Å²) in [6, 6.07) is 6.65. The van der Waals surface area contributed by atoms with Crippen molar-refractivity contribution in [1.29, 1.82) is 0 Å². The summed E-state index contributed by atoms with van der Waals surface area (Å²) in [7, 11) is 0. The van der Waals surface area contributed by atoms with Crippen LogP contribution in [0.3, 0.4) is 0 Å². The van der Waals surface area contributed by atoms with Crippen molar-refractivity contribution in [3.05, 3.63) is 35.5 Å². The molecule has 2 amide bonds. The average molecular weight is 289 g/mol. The van der Waals surface area contributed by atoms with E-state index in [1.54, 1.807) is 24.3 Å². The van der Waals surface area contributed by atoms with Crippen LogP contribution < -0.4 is 16.4 Å². The fraction of sp³-hybridized carbons (Fsp3) is 0.231. The van der Waals surface area contributed by atoms with Crippen LogP contribution in [0, 0.1) is 0 Å². The van der Waals surface area contributed by atoms with E-state index in [0.29, 0.717) is 17.8 Å². The fourth-order valence-corrected chi connectivity index (χ4v) is 1.66. The van der Waals surface area contributed by atoms with Gasteiger partial charge in [0.05, 0.1) is 11.3 Å². The smallest absolute Gasteiger partial charge is 0.281 e. The van der Waals surface area contributed by atoms with Gasteiger partial charge in [-0.2, -0.15) is 0 Å². The lowest BCUT2D eigenvalue weighted by molar-refractivity contribution is 0.0954. The zero-order chi connectivity index (χ0) is 15.2. The van der Waals surface area contributed by atoms with Crippen LogP contribution in [0.1, 0.15) is 34.2 Å². The summed E-state index contributed by atoms with van der Waals surface area (Å²) in [5.74, 6) is -0.969. The lowest BCUT2D eigenvalue weighted by Crippen LogP contribution is -2.26. The van der Waals surface area contributed by atoms with Gasteiger partial charge in [-0.25, -0.2) is 4.63 Å². The molecule has 2 rings (SSSR count).